The van der Waals surface area contributed by atoms with E-state index < -0.39 is 45.6 Å². The van der Waals surface area contributed by atoms with E-state index in [1.54, 1.807) is 27.7 Å². The summed E-state index contributed by atoms with van der Waals surface area (Å²) in [6.45, 7) is 8.74. The normalized spacial score (nSPS) is 12.5. The minimum absolute atomic E-state index is 0.269. The molecule has 12 heteroatoms. The lowest BCUT2D eigenvalue weighted by Crippen LogP contribution is -2.33. The van der Waals surface area contributed by atoms with Crippen molar-refractivity contribution < 1.29 is 36.6 Å². The van der Waals surface area contributed by atoms with E-state index in [9.17, 15) is 27.2 Å². The molecule has 0 unspecified atom stereocenters. The predicted molar refractivity (Wildman–Crippen MR) is 109 cm³/mol. The van der Waals surface area contributed by atoms with Gasteiger partial charge in [0.05, 0.1) is 24.3 Å². The largest absolute Gasteiger partial charge is 0.461 e. The molecule has 0 N–H and O–H groups in total. The van der Waals surface area contributed by atoms with Crippen LogP contribution in [0.25, 0.3) is 0 Å². The molecule has 7 nitrogen and oxygen atoms in total. The van der Waals surface area contributed by atoms with Crippen molar-refractivity contribution in [1.82, 2.24) is 5.01 Å². The highest BCUT2D eigenvalue weighted by Gasteiger charge is 2.51. The average molecular weight is 484 g/mol. The zero-order chi connectivity index (χ0) is 24.9. The molecular formula is C20H26ClF4N3O4. The Balaban J connectivity index is 3.90. The number of alkyl halides is 4. The summed E-state index contributed by atoms with van der Waals surface area (Å²) in [6, 6.07) is 0.669. The number of hydrogen-bond donors (Lipinski definition) is 0. The molecule has 0 amide bonds. The van der Waals surface area contributed by atoms with Gasteiger partial charge in [0.1, 0.15) is 5.69 Å². The first-order valence-corrected chi connectivity index (χ1v) is 10.2. The molecule has 0 fully saturated rings. The van der Waals surface area contributed by atoms with E-state index in [2.05, 4.69) is 19.8 Å². The van der Waals surface area contributed by atoms with Crippen molar-refractivity contribution in [2.24, 2.45) is 10.3 Å². The van der Waals surface area contributed by atoms with E-state index in [4.69, 9.17) is 11.6 Å². The van der Waals surface area contributed by atoms with Gasteiger partial charge in [0.15, 0.2) is 0 Å². The molecule has 1 aromatic carbocycles. The molecule has 180 valence electrons. The van der Waals surface area contributed by atoms with Crippen LogP contribution in [-0.2, 0) is 30.9 Å². The highest BCUT2D eigenvalue weighted by atomic mass is 35.5. The molecule has 1 rings (SSSR count). The van der Waals surface area contributed by atoms with E-state index in [1.807, 2.05) is 0 Å². The number of halogens is 5. The second kappa shape index (κ2) is 10.9. The molecule has 1 aromatic rings. The molecule has 0 saturated heterocycles. The Labute approximate surface area is 188 Å². The lowest BCUT2D eigenvalue weighted by Gasteiger charge is -2.27. The van der Waals surface area contributed by atoms with Crippen molar-refractivity contribution in [1.29, 1.82) is 0 Å². The van der Waals surface area contributed by atoms with Gasteiger partial charge in [-0.25, -0.2) is 9.59 Å². The quantitative estimate of drug-likeness (QED) is 0.183. The van der Waals surface area contributed by atoms with Crippen molar-refractivity contribution in [3.8, 4) is 0 Å². The van der Waals surface area contributed by atoms with Crippen LogP contribution >= 0.6 is 11.6 Å². The fourth-order valence-electron chi connectivity index (χ4n) is 2.75. The Hall–Kier alpha value is -2.43. The maximum atomic E-state index is 14.9. The van der Waals surface area contributed by atoms with Gasteiger partial charge >= 0.3 is 23.8 Å². The highest BCUT2D eigenvalue weighted by Crippen LogP contribution is 2.46. The average Bonchev–Trinajstić information content (AvgIpc) is 2.68. The van der Waals surface area contributed by atoms with Crippen LogP contribution in [0.5, 0.6) is 0 Å². The van der Waals surface area contributed by atoms with Crippen LogP contribution in [0, 0.1) is 0 Å². The second-order valence-corrected chi connectivity index (χ2v) is 7.63. The van der Waals surface area contributed by atoms with Gasteiger partial charge in [0, 0.05) is 17.1 Å². The Morgan fingerprint density at radius 1 is 0.938 bits per heavy atom. The highest BCUT2D eigenvalue weighted by molar-refractivity contribution is 6.31. The van der Waals surface area contributed by atoms with Crippen molar-refractivity contribution in [2.75, 3.05) is 13.2 Å². The summed E-state index contributed by atoms with van der Waals surface area (Å²) in [5, 5.41) is 8.24. The van der Waals surface area contributed by atoms with Gasteiger partial charge in [-0.05, 0) is 53.7 Å². The summed E-state index contributed by atoms with van der Waals surface area (Å²) < 4.78 is 68.5. The summed E-state index contributed by atoms with van der Waals surface area (Å²) in [4.78, 5) is 23.8. The summed E-state index contributed by atoms with van der Waals surface area (Å²) >= 11 is 5.81. The first kappa shape index (κ1) is 27.6. The van der Waals surface area contributed by atoms with E-state index in [1.165, 1.54) is 18.9 Å². The van der Waals surface area contributed by atoms with Crippen molar-refractivity contribution in [2.45, 2.75) is 65.5 Å². The number of carbonyl (C=O) groups is 2. The van der Waals surface area contributed by atoms with Gasteiger partial charge in [-0.15, -0.1) is 5.11 Å². The zero-order valence-corrected chi connectivity index (χ0v) is 19.3. The number of carbonyl (C=O) groups excluding carboxylic acids is 2. The lowest BCUT2D eigenvalue weighted by molar-refractivity contribution is -0.173. The number of rotatable bonds is 10. The summed E-state index contributed by atoms with van der Waals surface area (Å²) in [7, 11) is 0. The minimum atomic E-state index is -4.41. The third kappa shape index (κ3) is 6.08. The maximum absolute atomic E-state index is 14.9. The van der Waals surface area contributed by atoms with Gasteiger partial charge in [-0.3, -0.25) is 5.01 Å². The fraction of sp³-hybridized carbons (Fsp3) is 0.600. The van der Waals surface area contributed by atoms with Crippen LogP contribution in [0.3, 0.4) is 0 Å². The molecule has 0 atom stereocenters. The number of hydrogen-bond acceptors (Lipinski definition) is 6. The Morgan fingerprint density at radius 2 is 1.31 bits per heavy atom. The summed E-state index contributed by atoms with van der Waals surface area (Å²) in [6.07, 6.45) is 0. The van der Waals surface area contributed by atoms with Crippen molar-refractivity contribution in [3.05, 3.63) is 28.3 Å². The molecule has 0 aromatic heterocycles. The summed E-state index contributed by atoms with van der Waals surface area (Å²) in [5.41, 5.74) is -3.64. The van der Waals surface area contributed by atoms with Gasteiger partial charge < -0.3 is 9.47 Å². The molecule has 32 heavy (non-hydrogen) atoms. The van der Waals surface area contributed by atoms with Crippen LogP contribution < -0.4 is 0 Å². The van der Waals surface area contributed by atoms with E-state index in [0.717, 1.165) is 0 Å². The molecule has 0 heterocycles. The van der Waals surface area contributed by atoms with Crippen LogP contribution in [0.4, 0.5) is 23.2 Å². The van der Waals surface area contributed by atoms with Crippen LogP contribution in [-0.4, -0.2) is 42.2 Å². The molecular weight excluding hydrogens is 458 g/mol. The minimum Gasteiger partial charge on any atom is -0.461 e. The van der Waals surface area contributed by atoms with E-state index >= 15 is 0 Å². The molecule has 0 aliphatic carbocycles. The number of benzene rings is 1. The standard InChI is InChI=1S/C20H26ClF4N3O4/c1-7-31-17(29)19(22,23)14-9-13(21)10-15(20(24,25)18(30)32-8-2)16(14)26-27-28(11(3)4)12(5)6/h9-12H,7-8H2,1-6H3. The van der Waals surface area contributed by atoms with Gasteiger partial charge in [-0.2, -0.15) is 17.6 Å². The molecule has 0 aliphatic rings. The monoisotopic (exact) mass is 483 g/mol. The van der Waals surface area contributed by atoms with Crippen LogP contribution in [0.15, 0.2) is 22.5 Å². The topological polar surface area (TPSA) is 80.6 Å². The molecule has 0 radical (unpaired) electrons. The maximum Gasteiger partial charge on any atom is 0.382 e. The second-order valence-electron chi connectivity index (χ2n) is 7.20. The smallest absolute Gasteiger partial charge is 0.382 e. The molecule has 0 aliphatic heterocycles. The molecule has 0 saturated carbocycles. The number of esters is 2. The third-order valence-electron chi connectivity index (χ3n) is 4.12. The van der Waals surface area contributed by atoms with E-state index in [-0.39, 0.29) is 25.3 Å². The lowest BCUT2D eigenvalue weighted by atomic mass is 9.98. The Kier molecular flexibility index (Phi) is 9.43. The molecule has 0 spiro atoms. The van der Waals surface area contributed by atoms with Crippen molar-refractivity contribution in [3.63, 3.8) is 0 Å². The number of ether oxygens (including phenoxy) is 2. The molecule has 0 bridgehead atoms. The Morgan fingerprint density at radius 3 is 1.62 bits per heavy atom. The fourth-order valence-corrected chi connectivity index (χ4v) is 2.97. The first-order valence-electron chi connectivity index (χ1n) is 9.86. The van der Waals surface area contributed by atoms with Crippen LogP contribution in [0.2, 0.25) is 5.02 Å². The van der Waals surface area contributed by atoms with Gasteiger partial charge in [0.2, 0.25) is 0 Å². The predicted octanol–water partition coefficient (Wildman–Crippen LogP) is 5.77. The van der Waals surface area contributed by atoms with Gasteiger partial charge in [0.25, 0.3) is 0 Å². The Bertz CT molecular complexity index is 804. The zero-order valence-electron chi connectivity index (χ0n) is 18.6. The van der Waals surface area contributed by atoms with Gasteiger partial charge in [-0.1, -0.05) is 16.8 Å². The SMILES string of the molecule is CCOC(=O)C(F)(F)c1cc(Cl)cc(C(F)(F)C(=O)OCC)c1N=NN(C(C)C)C(C)C. The van der Waals surface area contributed by atoms with E-state index in [0.29, 0.717) is 12.1 Å². The first-order chi connectivity index (χ1) is 14.7. The summed E-state index contributed by atoms with van der Waals surface area (Å²) in [5.74, 6) is -12.8. The van der Waals surface area contributed by atoms with Crippen molar-refractivity contribution >= 4 is 29.2 Å². The van der Waals surface area contributed by atoms with Crippen LogP contribution in [0.1, 0.15) is 52.7 Å². The number of nitrogens with zero attached hydrogens (tertiary/aromatic N) is 3. The third-order valence-corrected chi connectivity index (χ3v) is 4.34.